The molecular formula is C23H25F2N3O3. The zero-order valence-electron chi connectivity index (χ0n) is 17.2. The fourth-order valence-electron chi connectivity index (χ4n) is 3.67. The van der Waals surface area contributed by atoms with Crippen molar-refractivity contribution >= 4 is 17.7 Å². The molecule has 3 rings (SSSR count). The molecule has 0 radical (unpaired) electrons. The number of rotatable bonds is 6. The van der Waals surface area contributed by atoms with Crippen LogP contribution >= 0.6 is 0 Å². The Morgan fingerprint density at radius 1 is 1.06 bits per heavy atom. The number of amides is 3. The number of carbonyl (C=O) groups excluding carboxylic acids is 3. The number of likely N-dealkylation sites (tertiary alicyclic amines) is 1. The normalized spacial score (nSPS) is 15.3. The first-order valence-corrected chi connectivity index (χ1v) is 10.2. The van der Waals surface area contributed by atoms with Crippen molar-refractivity contribution in [3.63, 3.8) is 0 Å². The van der Waals surface area contributed by atoms with Crippen LogP contribution < -0.4 is 10.6 Å². The summed E-state index contributed by atoms with van der Waals surface area (Å²) < 4.78 is 27.4. The Hall–Kier alpha value is -3.29. The average Bonchev–Trinajstić information content (AvgIpc) is 2.74. The molecule has 1 fully saturated rings. The van der Waals surface area contributed by atoms with Crippen molar-refractivity contribution in [2.24, 2.45) is 0 Å². The van der Waals surface area contributed by atoms with Crippen LogP contribution in [-0.4, -0.2) is 47.8 Å². The van der Waals surface area contributed by atoms with E-state index in [-0.39, 0.29) is 29.8 Å². The van der Waals surface area contributed by atoms with Gasteiger partial charge in [-0.3, -0.25) is 14.4 Å². The number of hydrogen-bond donors (Lipinski definition) is 2. The van der Waals surface area contributed by atoms with Crippen molar-refractivity contribution in [3.8, 4) is 0 Å². The summed E-state index contributed by atoms with van der Waals surface area (Å²) in [5, 5.41) is 5.48. The van der Waals surface area contributed by atoms with Crippen molar-refractivity contribution in [2.75, 3.05) is 13.1 Å². The van der Waals surface area contributed by atoms with Gasteiger partial charge in [0.2, 0.25) is 11.8 Å². The van der Waals surface area contributed by atoms with Gasteiger partial charge in [-0.15, -0.1) is 0 Å². The Morgan fingerprint density at radius 2 is 1.77 bits per heavy atom. The molecule has 3 amide bonds. The quantitative estimate of drug-likeness (QED) is 0.741. The molecule has 1 saturated heterocycles. The van der Waals surface area contributed by atoms with Gasteiger partial charge in [-0.05, 0) is 42.7 Å². The van der Waals surface area contributed by atoms with Gasteiger partial charge in [0, 0.05) is 38.0 Å². The molecule has 0 bridgehead atoms. The lowest BCUT2D eigenvalue weighted by molar-refractivity contribution is -0.128. The fourth-order valence-corrected chi connectivity index (χ4v) is 3.67. The largest absolute Gasteiger partial charge is 0.351 e. The molecule has 31 heavy (non-hydrogen) atoms. The highest BCUT2D eigenvalue weighted by atomic mass is 19.1. The van der Waals surface area contributed by atoms with E-state index in [0.717, 1.165) is 0 Å². The molecule has 164 valence electrons. The highest BCUT2D eigenvalue weighted by Crippen LogP contribution is 2.16. The predicted molar refractivity (Wildman–Crippen MR) is 111 cm³/mol. The van der Waals surface area contributed by atoms with Crippen LogP contribution in [0.5, 0.6) is 0 Å². The third-order valence-electron chi connectivity index (χ3n) is 5.28. The summed E-state index contributed by atoms with van der Waals surface area (Å²) in [7, 11) is 0. The summed E-state index contributed by atoms with van der Waals surface area (Å²) in [6.45, 7) is 2.13. The molecule has 0 saturated carbocycles. The van der Waals surface area contributed by atoms with Gasteiger partial charge in [0.15, 0.2) is 0 Å². The minimum absolute atomic E-state index is 0.0367. The maximum absolute atomic E-state index is 14.0. The van der Waals surface area contributed by atoms with E-state index in [2.05, 4.69) is 10.6 Å². The molecule has 0 unspecified atom stereocenters. The minimum atomic E-state index is -0.902. The molecule has 2 aromatic carbocycles. The lowest BCUT2D eigenvalue weighted by atomic mass is 10.0. The summed E-state index contributed by atoms with van der Waals surface area (Å²) in [6.07, 6.45) is 1.09. The molecule has 0 spiro atoms. The van der Waals surface area contributed by atoms with Gasteiger partial charge in [0.05, 0.1) is 0 Å². The third kappa shape index (κ3) is 6.10. The highest BCUT2D eigenvalue weighted by molar-refractivity contribution is 5.94. The SMILES string of the molecule is CC(=O)N[C@@H](Cc1ccccc1F)C(=O)NC1CCN(C(=O)c2cccc(F)c2)CC1. The monoisotopic (exact) mass is 429 g/mol. The Labute approximate surface area is 179 Å². The summed E-state index contributed by atoms with van der Waals surface area (Å²) in [4.78, 5) is 38.5. The van der Waals surface area contributed by atoms with Gasteiger partial charge < -0.3 is 15.5 Å². The first-order valence-electron chi connectivity index (χ1n) is 10.2. The van der Waals surface area contributed by atoms with Crippen LogP contribution in [0, 0.1) is 11.6 Å². The van der Waals surface area contributed by atoms with E-state index in [1.54, 1.807) is 29.2 Å². The molecule has 0 aromatic heterocycles. The smallest absolute Gasteiger partial charge is 0.253 e. The minimum Gasteiger partial charge on any atom is -0.351 e. The number of halogens is 2. The number of hydrogen-bond acceptors (Lipinski definition) is 3. The third-order valence-corrected chi connectivity index (χ3v) is 5.28. The fraction of sp³-hybridized carbons (Fsp3) is 0.348. The van der Waals surface area contributed by atoms with Crippen LogP contribution in [-0.2, 0) is 16.0 Å². The summed E-state index contributed by atoms with van der Waals surface area (Å²) in [5.41, 5.74) is 0.630. The lowest BCUT2D eigenvalue weighted by Crippen LogP contribution is -2.53. The van der Waals surface area contributed by atoms with Crippen molar-refractivity contribution in [3.05, 3.63) is 71.3 Å². The van der Waals surface area contributed by atoms with Gasteiger partial charge >= 0.3 is 0 Å². The standard InChI is InChI=1S/C23H25F2N3O3/c1-15(29)26-21(14-16-5-2-3-8-20(16)25)22(30)27-19-9-11-28(12-10-19)23(31)17-6-4-7-18(24)13-17/h2-8,13,19,21H,9-12,14H2,1H3,(H,26,29)(H,27,30)/t21-/m0/s1. The Kier molecular flexibility index (Phi) is 7.33. The molecule has 1 aliphatic heterocycles. The Balaban J connectivity index is 1.57. The molecule has 2 aromatic rings. The second kappa shape index (κ2) is 10.1. The van der Waals surface area contributed by atoms with E-state index in [4.69, 9.17) is 0 Å². The van der Waals surface area contributed by atoms with Crippen molar-refractivity contribution in [1.29, 1.82) is 0 Å². The number of carbonyl (C=O) groups is 3. The number of benzene rings is 2. The molecule has 1 atom stereocenters. The van der Waals surface area contributed by atoms with Crippen LogP contribution in [0.15, 0.2) is 48.5 Å². The Bertz CT molecular complexity index is 959. The molecule has 8 heteroatoms. The van der Waals surface area contributed by atoms with Crippen molar-refractivity contribution < 1.29 is 23.2 Å². The maximum atomic E-state index is 14.0. The van der Waals surface area contributed by atoms with E-state index >= 15 is 0 Å². The second-order valence-corrected chi connectivity index (χ2v) is 7.63. The zero-order chi connectivity index (χ0) is 22.4. The van der Waals surface area contributed by atoms with E-state index in [9.17, 15) is 23.2 Å². The predicted octanol–water partition coefficient (Wildman–Crippen LogP) is 2.43. The number of piperidine rings is 1. The second-order valence-electron chi connectivity index (χ2n) is 7.63. The molecular weight excluding hydrogens is 404 g/mol. The van der Waals surface area contributed by atoms with E-state index in [0.29, 0.717) is 31.5 Å². The lowest BCUT2D eigenvalue weighted by Gasteiger charge is -2.33. The molecule has 1 aliphatic rings. The van der Waals surface area contributed by atoms with Crippen molar-refractivity contribution in [1.82, 2.24) is 15.5 Å². The average molecular weight is 429 g/mol. The van der Waals surface area contributed by atoms with Gasteiger partial charge in [-0.1, -0.05) is 24.3 Å². The molecule has 1 heterocycles. The summed E-state index contributed by atoms with van der Waals surface area (Å²) in [6, 6.07) is 10.6. The van der Waals surface area contributed by atoms with Crippen LogP contribution in [0.25, 0.3) is 0 Å². The van der Waals surface area contributed by atoms with Crippen molar-refractivity contribution in [2.45, 2.75) is 38.3 Å². The molecule has 6 nitrogen and oxygen atoms in total. The van der Waals surface area contributed by atoms with Crippen LogP contribution in [0.2, 0.25) is 0 Å². The Morgan fingerprint density at radius 3 is 2.42 bits per heavy atom. The van der Waals surface area contributed by atoms with Crippen LogP contribution in [0.3, 0.4) is 0 Å². The van der Waals surface area contributed by atoms with E-state index < -0.39 is 23.6 Å². The molecule has 2 N–H and O–H groups in total. The van der Waals surface area contributed by atoms with Gasteiger partial charge in [0.1, 0.15) is 17.7 Å². The first kappa shape index (κ1) is 22.4. The number of nitrogens with one attached hydrogen (secondary N) is 2. The van der Waals surface area contributed by atoms with Gasteiger partial charge in [-0.25, -0.2) is 8.78 Å². The topological polar surface area (TPSA) is 78.5 Å². The van der Waals surface area contributed by atoms with Gasteiger partial charge in [0.25, 0.3) is 5.91 Å². The van der Waals surface area contributed by atoms with E-state index in [1.165, 1.54) is 31.2 Å². The maximum Gasteiger partial charge on any atom is 0.253 e. The van der Waals surface area contributed by atoms with Crippen LogP contribution in [0.1, 0.15) is 35.7 Å². The van der Waals surface area contributed by atoms with Crippen LogP contribution in [0.4, 0.5) is 8.78 Å². The summed E-state index contributed by atoms with van der Waals surface area (Å²) in [5.74, 6) is -1.93. The number of nitrogens with zero attached hydrogens (tertiary/aromatic N) is 1. The molecule has 0 aliphatic carbocycles. The zero-order valence-corrected chi connectivity index (χ0v) is 17.2. The summed E-state index contributed by atoms with van der Waals surface area (Å²) >= 11 is 0. The van der Waals surface area contributed by atoms with Gasteiger partial charge in [-0.2, -0.15) is 0 Å². The van der Waals surface area contributed by atoms with E-state index in [1.807, 2.05) is 0 Å². The highest BCUT2D eigenvalue weighted by Gasteiger charge is 2.28. The first-order chi connectivity index (χ1) is 14.8.